The number of likely N-dealkylation sites (tertiary alicyclic amines) is 1. The third-order valence-electron chi connectivity index (χ3n) is 8.69. The van der Waals surface area contributed by atoms with E-state index in [4.69, 9.17) is 11.6 Å². The van der Waals surface area contributed by atoms with Crippen molar-refractivity contribution in [2.75, 3.05) is 24.6 Å². The molecule has 5 fully saturated rings. The molecule has 2 aromatic heterocycles. The SMILES string of the molecule is O=S1(=O)CCC(N2CCC(c3cc4c(cnn4-c4cnn(C56CC(C5)C6)c4)cc3Cl)CC2)C1. The van der Waals surface area contributed by atoms with Crippen LogP contribution in [-0.2, 0) is 15.4 Å². The molecular weight excluding hydrogens is 458 g/mol. The lowest BCUT2D eigenvalue weighted by Crippen LogP contribution is -2.59. The number of benzene rings is 1. The highest BCUT2D eigenvalue weighted by atomic mass is 35.5. The summed E-state index contributed by atoms with van der Waals surface area (Å²) >= 11 is 6.74. The van der Waals surface area contributed by atoms with Gasteiger partial charge in [-0.15, -0.1) is 0 Å². The lowest BCUT2D eigenvalue weighted by molar-refractivity contribution is -0.0977. The molecule has 2 aliphatic heterocycles. The number of hydrogen-bond donors (Lipinski definition) is 0. The number of rotatable bonds is 4. The molecule has 1 unspecified atom stereocenters. The molecule has 2 saturated heterocycles. The van der Waals surface area contributed by atoms with Crippen LogP contribution in [0, 0.1) is 5.92 Å². The molecule has 3 saturated carbocycles. The Bertz CT molecular complexity index is 1340. The Balaban J connectivity index is 1.14. The van der Waals surface area contributed by atoms with E-state index in [1.807, 2.05) is 23.1 Å². The van der Waals surface area contributed by atoms with Crippen LogP contribution in [0.1, 0.15) is 50.0 Å². The third-order valence-corrected chi connectivity index (χ3v) is 10.8. The van der Waals surface area contributed by atoms with Gasteiger partial charge in [-0.1, -0.05) is 11.6 Å². The largest absolute Gasteiger partial charge is 0.299 e. The number of piperidine rings is 1. The second-order valence-electron chi connectivity index (χ2n) is 10.7. The monoisotopic (exact) mass is 485 g/mol. The van der Waals surface area contributed by atoms with E-state index in [2.05, 4.69) is 32.0 Å². The van der Waals surface area contributed by atoms with Crippen LogP contribution in [0.5, 0.6) is 0 Å². The molecule has 0 radical (unpaired) electrons. The quantitative estimate of drug-likeness (QED) is 0.562. The van der Waals surface area contributed by atoms with Crippen molar-refractivity contribution in [2.24, 2.45) is 5.92 Å². The standard InChI is InChI=1S/C24H28ClN5O2S/c25-22-7-18-12-27-30(20-13-26-29(14-20)24-9-16(10-24)11-24)23(18)8-21(22)17-1-4-28(5-2-17)19-3-6-33(31,32)15-19/h7-8,12-14,16-17,19H,1-6,9-11,15H2. The van der Waals surface area contributed by atoms with Crippen molar-refractivity contribution in [3.63, 3.8) is 0 Å². The van der Waals surface area contributed by atoms with Crippen LogP contribution in [0.4, 0.5) is 0 Å². The van der Waals surface area contributed by atoms with Gasteiger partial charge in [0.05, 0.1) is 41.2 Å². The number of fused-ring (bicyclic) bond motifs is 1. The van der Waals surface area contributed by atoms with Gasteiger partial charge in [-0.05, 0) is 81.1 Å². The maximum Gasteiger partial charge on any atom is 0.151 e. The minimum atomic E-state index is -2.85. The fourth-order valence-electron chi connectivity index (χ4n) is 6.62. The first-order valence-corrected chi connectivity index (χ1v) is 14.3. The molecule has 0 amide bonds. The second-order valence-corrected chi connectivity index (χ2v) is 13.3. The lowest BCUT2D eigenvalue weighted by atomic mass is 9.50. The number of sulfone groups is 1. The summed E-state index contributed by atoms with van der Waals surface area (Å²) in [7, 11) is -2.85. The smallest absolute Gasteiger partial charge is 0.151 e. The van der Waals surface area contributed by atoms with E-state index in [1.54, 1.807) is 0 Å². The van der Waals surface area contributed by atoms with Crippen molar-refractivity contribution in [3.05, 3.63) is 41.3 Å². The maximum atomic E-state index is 11.9. The maximum absolute atomic E-state index is 11.9. The van der Waals surface area contributed by atoms with Gasteiger partial charge in [-0.2, -0.15) is 10.2 Å². The van der Waals surface area contributed by atoms with E-state index in [-0.39, 0.29) is 11.6 Å². The molecule has 7 nitrogen and oxygen atoms in total. The van der Waals surface area contributed by atoms with E-state index in [0.29, 0.717) is 17.4 Å². The highest BCUT2D eigenvalue weighted by Gasteiger charge is 2.58. The minimum Gasteiger partial charge on any atom is -0.299 e. The Kier molecular flexibility index (Phi) is 4.38. The van der Waals surface area contributed by atoms with E-state index in [9.17, 15) is 8.42 Å². The molecule has 1 aromatic carbocycles. The van der Waals surface area contributed by atoms with Crippen molar-refractivity contribution in [3.8, 4) is 5.69 Å². The van der Waals surface area contributed by atoms with Crippen molar-refractivity contribution >= 4 is 32.3 Å². The van der Waals surface area contributed by atoms with E-state index in [0.717, 1.165) is 59.9 Å². The van der Waals surface area contributed by atoms with E-state index >= 15 is 0 Å². The van der Waals surface area contributed by atoms with Gasteiger partial charge in [0.15, 0.2) is 9.84 Å². The fourth-order valence-corrected chi connectivity index (χ4v) is 8.70. The van der Waals surface area contributed by atoms with Crippen LogP contribution < -0.4 is 0 Å². The van der Waals surface area contributed by atoms with Gasteiger partial charge >= 0.3 is 0 Å². The molecule has 5 aliphatic rings. The van der Waals surface area contributed by atoms with Crippen LogP contribution in [0.3, 0.4) is 0 Å². The van der Waals surface area contributed by atoms with Crippen molar-refractivity contribution < 1.29 is 8.42 Å². The van der Waals surface area contributed by atoms with Gasteiger partial charge in [0.25, 0.3) is 0 Å². The molecular formula is C24H28ClN5O2S. The first-order valence-electron chi connectivity index (χ1n) is 12.1. The van der Waals surface area contributed by atoms with Crippen LogP contribution in [0.25, 0.3) is 16.6 Å². The molecule has 0 spiro atoms. The Hall–Kier alpha value is -1.90. The summed E-state index contributed by atoms with van der Waals surface area (Å²) in [6.07, 6.45) is 12.5. The summed E-state index contributed by atoms with van der Waals surface area (Å²) in [5.41, 5.74) is 3.51. The van der Waals surface area contributed by atoms with Crippen LogP contribution in [0.15, 0.2) is 30.7 Å². The normalized spacial score (nSPS) is 31.5. The average molecular weight is 486 g/mol. The van der Waals surface area contributed by atoms with Crippen molar-refractivity contribution in [1.29, 1.82) is 0 Å². The zero-order chi connectivity index (χ0) is 22.4. The lowest BCUT2D eigenvalue weighted by Gasteiger charge is -2.61. The van der Waals surface area contributed by atoms with E-state index < -0.39 is 9.84 Å². The second kappa shape index (κ2) is 7.06. The number of hydrogen-bond acceptors (Lipinski definition) is 5. The van der Waals surface area contributed by atoms with Crippen LogP contribution in [-0.4, -0.2) is 63.5 Å². The highest BCUT2D eigenvalue weighted by Crippen LogP contribution is 2.62. The summed E-state index contributed by atoms with van der Waals surface area (Å²) in [6, 6.07) is 4.44. The highest BCUT2D eigenvalue weighted by molar-refractivity contribution is 7.91. The molecule has 1 atom stereocenters. The number of halogens is 1. The molecule has 8 rings (SSSR count). The first kappa shape index (κ1) is 20.5. The predicted molar refractivity (Wildman–Crippen MR) is 128 cm³/mol. The molecule has 174 valence electrons. The molecule has 0 N–H and O–H groups in total. The fraction of sp³-hybridized carbons (Fsp3) is 0.583. The first-order chi connectivity index (χ1) is 15.9. The molecule has 9 heteroatoms. The molecule has 4 heterocycles. The van der Waals surface area contributed by atoms with Crippen LogP contribution >= 0.6 is 11.6 Å². The zero-order valence-electron chi connectivity index (χ0n) is 18.5. The molecule has 33 heavy (non-hydrogen) atoms. The van der Waals surface area contributed by atoms with Gasteiger partial charge in [-0.3, -0.25) is 9.58 Å². The summed E-state index contributed by atoms with van der Waals surface area (Å²) < 4.78 is 27.9. The summed E-state index contributed by atoms with van der Waals surface area (Å²) in [6.45, 7) is 1.85. The minimum absolute atomic E-state index is 0.188. The van der Waals surface area contributed by atoms with Gasteiger partial charge in [0.2, 0.25) is 0 Å². The third kappa shape index (κ3) is 3.21. The predicted octanol–water partition coefficient (Wildman–Crippen LogP) is 3.75. The van der Waals surface area contributed by atoms with Gasteiger partial charge in [0, 0.05) is 16.5 Å². The van der Waals surface area contributed by atoms with Gasteiger partial charge in [0.1, 0.15) is 5.69 Å². The Morgan fingerprint density at radius 1 is 1.03 bits per heavy atom. The van der Waals surface area contributed by atoms with Gasteiger partial charge in [-0.25, -0.2) is 13.1 Å². The summed E-state index contributed by atoms with van der Waals surface area (Å²) in [5, 5.41) is 11.2. The van der Waals surface area contributed by atoms with Crippen molar-refractivity contribution in [1.82, 2.24) is 24.5 Å². The van der Waals surface area contributed by atoms with Crippen molar-refractivity contribution in [2.45, 2.75) is 56.0 Å². The summed E-state index contributed by atoms with van der Waals surface area (Å²) in [5.74, 6) is 1.95. The molecule has 3 aromatic rings. The number of aromatic nitrogens is 4. The van der Waals surface area contributed by atoms with E-state index in [1.165, 1.54) is 24.8 Å². The molecule has 3 aliphatic carbocycles. The Labute approximate surface area is 198 Å². The number of nitrogens with zero attached hydrogens (tertiary/aromatic N) is 5. The Morgan fingerprint density at radius 3 is 2.48 bits per heavy atom. The van der Waals surface area contributed by atoms with Gasteiger partial charge < -0.3 is 0 Å². The average Bonchev–Trinajstić information content (AvgIpc) is 3.43. The molecule has 2 bridgehead atoms. The topological polar surface area (TPSA) is 73.0 Å². The summed E-state index contributed by atoms with van der Waals surface area (Å²) in [4.78, 5) is 2.37. The van der Waals surface area contributed by atoms with Crippen LogP contribution in [0.2, 0.25) is 5.02 Å². The Morgan fingerprint density at radius 2 is 1.82 bits per heavy atom. The zero-order valence-corrected chi connectivity index (χ0v) is 20.1.